The Morgan fingerprint density at radius 1 is 0.526 bits per heavy atom. The van der Waals surface area contributed by atoms with Gasteiger partial charge in [-0.3, -0.25) is 9.59 Å². The quantitative estimate of drug-likeness (QED) is 0.0627. The fourth-order valence-corrected chi connectivity index (χ4v) is 6.31. The number of benzene rings is 2. The highest BCUT2D eigenvalue weighted by Gasteiger charge is 2.49. The molecule has 2 amide bonds. The maximum atomic E-state index is 13.0. The van der Waals surface area contributed by atoms with Gasteiger partial charge in [-0.05, 0) is 49.9 Å². The van der Waals surface area contributed by atoms with Gasteiger partial charge in [0.1, 0.15) is 0 Å². The SMILES string of the molecule is CCCCCCCCC(Oc1ccccc1OCCCOc1ccccc1OC(CCCCCCCC)C(=O)NS(=O)(=O)C(F)(F)F)C(=O)NS(=O)(=O)C(F)(F)F. The van der Waals surface area contributed by atoms with Crippen LogP contribution in [0.25, 0.3) is 0 Å². The van der Waals surface area contributed by atoms with Crippen molar-refractivity contribution in [2.45, 2.75) is 133 Å². The molecule has 0 saturated heterocycles. The number of hydrogen-bond donors (Lipinski definition) is 2. The van der Waals surface area contributed by atoms with Crippen LogP contribution in [-0.2, 0) is 29.6 Å². The molecule has 0 spiro atoms. The number of carbonyl (C=O) groups is 2. The normalized spacial score (nSPS) is 13.3. The molecule has 0 aliphatic carbocycles. The highest BCUT2D eigenvalue weighted by Crippen LogP contribution is 2.31. The van der Waals surface area contributed by atoms with E-state index in [0.717, 1.165) is 60.8 Å². The standard InChI is InChI=1S/C37H52F6N2O10S2/c1-3-5-7-9-11-13-24-32(34(46)44-56(48,49)36(38,39)40)54-30-22-17-15-20-28(30)52-26-19-27-53-29-21-16-18-23-31(29)55-33(25-14-12-10-8-6-4-2)35(47)45-57(50,51)37(41,42)43/h15-18,20-23,32-33H,3-14,19,24-27H2,1-2H3,(H,44,46)(H,45,47). The fourth-order valence-electron chi connectivity index (χ4n) is 5.28. The number of carbonyl (C=O) groups excluding carboxylic acids is 2. The number of rotatable bonds is 28. The van der Waals surface area contributed by atoms with Crippen molar-refractivity contribution in [2.24, 2.45) is 0 Å². The molecule has 0 fully saturated rings. The van der Waals surface area contributed by atoms with Gasteiger partial charge >= 0.3 is 31.1 Å². The van der Waals surface area contributed by atoms with Crippen molar-refractivity contribution >= 4 is 31.9 Å². The maximum absolute atomic E-state index is 13.0. The number of ether oxygens (including phenoxy) is 4. The van der Waals surface area contributed by atoms with Gasteiger partial charge in [0.25, 0.3) is 11.8 Å². The summed E-state index contributed by atoms with van der Waals surface area (Å²) in [6.07, 6.45) is 6.27. The van der Waals surface area contributed by atoms with E-state index in [2.05, 4.69) is 0 Å². The highest BCUT2D eigenvalue weighted by atomic mass is 32.2. The van der Waals surface area contributed by atoms with Crippen molar-refractivity contribution in [2.75, 3.05) is 13.2 Å². The second-order valence-electron chi connectivity index (χ2n) is 13.1. The first kappa shape index (κ1) is 49.2. The van der Waals surface area contributed by atoms with Gasteiger partial charge in [0.15, 0.2) is 35.2 Å². The largest absolute Gasteiger partial charge is 0.516 e. The Bertz CT molecular complexity index is 1620. The van der Waals surface area contributed by atoms with Crippen molar-refractivity contribution in [3.8, 4) is 23.0 Å². The van der Waals surface area contributed by atoms with Gasteiger partial charge in [0.2, 0.25) is 0 Å². The highest BCUT2D eigenvalue weighted by molar-refractivity contribution is 7.91. The molecule has 0 aliphatic rings. The summed E-state index contributed by atoms with van der Waals surface area (Å²) < 4.78 is 150. The monoisotopic (exact) mass is 862 g/mol. The van der Waals surface area contributed by atoms with Crippen LogP contribution in [0.4, 0.5) is 26.3 Å². The molecule has 20 heteroatoms. The van der Waals surface area contributed by atoms with E-state index in [1.165, 1.54) is 36.4 Å². The third kappa shape index (κ3) is 17.6. The smallest absolute Gasteiger partial charge is 0.490 e. The van der Waals surface area contributed by atoms with Crippen LogP contribution in [0.5, 0.6) is 23.0 Å². The molecular formula is C37H52F6N2O10S2. The Morgan fingerprint density at radius 3 is 1.18 bits per heavy atom. The summed E-state index contributed by atoms with van der Waals surface area (Å²) in [6.45, 7) is 4.00. The van der Waals surface area contributed by atoms with Gasteiger partial charge < -0.3 is 18.9 Å². The third-order valence-electron chi connectivity index (χ3n) is 8.34. The van der Waals surface area contributed by atoms with Gasteiger partial charge in [-0.2, -0.15) is 43.2 Å². The van der Waals surface area contributed by atoms with E-state index in [0.29, 0.717) is 25.7 Å². The number of para-hydroxylation sites is 4. The van der Waals surface area contributed by atoms with Crippen molar-refractivity contribution in [3.63, 3.8) is 0 Å². The summed E-state index contributed by atoms with van der Waals surface area (Å²) in [5.41, 5.74) is -11.4. The second kappa shape index (κ2) is 24.1. The van der Waals surface area contributed by atoms with E-state index >= 15 is 0 Å². The number of nitrogens with one attached hydrogen (secondary N) is 2. The second-order valence-corrected chi connectivity index (χ2v) is 16.4. The minimum absolute atomic E-state index is 0.0293. The molecule has 0 saturated carbocycles. The molecule has 0 radical (unpaired) electrons. The Kier molecular flexibility index (Phi) is 20.8. The zero-order chi connectivity index (χ0) is 42.5. The molecule has 57 heavy (non-hydrogen) atoms. The maximum Gasteiger partial charge on any atom is 0.516 e. The number of halogens is 6. The van der Waals surface area contributed by atoms with Crippen LogP contribution in [0.15, 0.2) is 48.5 Å². The number of alkyl halides is 6. The van der Waals surface area contributed by atoms with Crippen molar-refractivity contribution < 1.29 is 71.7 Å². The lowest BCUT2D eigenvalue weighted by Crippen LogP contribution is -2.46. The van der Waals surface area contributed by atoms with Crippen LogP contribution >= 0.6 is 0 Å². The van der Waals surface area contributed by atoms with Crippen LogP contribution in [0.3, 0.4) is 0 Å². The lowest BCUT2D eigenvalue weighted by Gasteiger charge is -2.21. The molecule has 2 N–H and O–H groups in total. The predicted octanol–water partition coefficient (Wildman–Crippen LogP) is 8.46. The van der Waals surface area contributed by atoms with E-state index in [4.69, 9.17) is 18.9 Å². The van der Waals surface area contributed by atoms with Crippen LogP contribution in [0.2, 0.25) is 0 Å². The topological polar surface area (TPSA) is 163 Å². The molecule has 2 atom stereocenters. The van der Waals surface area contributed by atoms with Gasteiger partial charge in [0, 0.05) is 6.42 Å². The van der Waals surface area contributed by atoms with Crippen molar-refractivity contribution in [1.29, 1.82) is 0 Å². The lowest BCUT2D eigenvalue weighted by molar-refractivity contribution is -0.127. The molecule has 2 rings (SSSR count). The van der Waals surface area contributed by atoms with E-state index in [1.54, 1.807) is 12.1 Å². The lowest BCUT2D eigenvalue weighted by atomic mass is 10.1. The number of hydrogen-bond acceptors (Lipinski definition) is 10. The Morgan fingerprint density at radius 2 is 0.842 bits per heavy atom. The molecule has 2 aromatic carbocycles. The average Bonchev–Trinajstić information content (AvgIpc) is 3.13. The summed E-state index contributed by atoms with van der Waals surface area (Å²) in [4.78, 5) is 25.6. The Labute approximate surface area is 330 Å². The van der Waals surface area contributed by atoms with E-state index < -0.39 is 55.1 Å². The van der Waals surface area contributed by atoms with Gasteiger partial charge in [-0.1, -0.05) is 102 Å². The third-order valence-corrected chi connectivity index (χ3v) is 10.5. The molecule has 324 valence electrons. The van der Waals surface area contributed by atoms with Gasteiger partial charge in [-0.15, -0.1) is 0 Å². The van der Waals surface area contributed by atoms with E-state index in [-0.39, 0.29) is 55.5 Å². The minimum atomic E-state index is -5.98. The summed E-state index contributed by atoms with van der Waals surface area (Å²) in [7, 11) is -12.0. The Hall–Kier alpha value is -3.94. The summed E-state index contributed by atoms with van der Waals surface area (Å²) in [5.74, 6) is -2.85. The van der Waals surface area contributed by atoms with Crippen LogP contribution in [0, 0.1) is 0 Å². The minimum Gasteiger partial charge on any atom is -0.490 e. The van der Waals surface area contributed by atoms with E-state index in [9.17, 15) is 52.8 Å². The van der Waals surface area contributed by atoms with Crippen LogP contribution < -0.4 is 28.4 Å². The van der Waals surface area contributed by atoms with Gasteiger partial charge in [-0.25, -0.2) is 9.44 Å². The predicted molar refractivity (Wildman–Crippen MR) is 200 cm³/mol. The van der Waals surface area contributed by atoms with Crippen molar-refractivity contribution in [1.82, 2.24) is 9.44 Å². The van der Waals surface area contributed by atoms with E-state index in [1.807, 2.05) is 13.8 Å². The first-order valence-electron chi connectivity index (χ1n) is 18.9. The Balaban J connectivity index is 2.10. The zero-order valence-corrected chi connectivity index (χ0v) is 33.6. The summed E-state index contributed by atoms with van der Waals surface area (Å²) in [6, 6.07) is 11.9. The molecule has 0 bridgehead atoms. The number of unbranched alkanes of at least 4 members (excludes halogenated alkanes) is 10. The first-order valence-corrected chi connectivity index (χ1v) is 21.8. The van der Waals surface area contributed by atoms with Crippen molar-refractivity contribution in [3.05, 3.63) is 48.5 Å². The molecule has 2 unspecified atom stereocenters. The first-order chi connectivity index (χ1) is 26.8. The molecule has 0 aliphatic heterocycles. The molecule has 2 aromatic rings. The number of amides is 2. The van der Waals surface area contributed by atoms with Crippen LogP contribution in [0.1, 0.15) is 110 Å². The summed E-state index contributed by atoms with van der Waals surface area (Å²) >= 11 is 0. The zero-order valence-electron chi connectivity index (χ0n) is 32.0. The molecular weight excluding hydrogens is 811 g/mol. The molecule has 0 heterocycles. The van der Waals surface area contributed by atoms with Crippen LogP contribution in [-0.4, -0.2) is 65.1 Å². The van der Waals surface area contributed by atoms with Gasteiger partial charge in [0.05, 0.1) is 13.2 Å². The fraction of sp³-hybridized carbons (Fsp3) is 0.622. The molecule has 0 aromatic heterocycles. The number of sulfonamides is 2. The molecule has 12 nitrogen and oxygen atoms in total. The summed E-state index contributed by atoms with van der Waals surface area (Å²) in [5, 5.41) is 0. The average molecular weight is 863 g/mol.